The van der Waals surface area contributed by atoms with Crippen LogP contribution in [-0.4, -0.2) is 21.5 Å². The van der Waals surface area contributed by atoms with Crippen molar-refractivity contribution in [1.82, 2.24) is 20.3 Å². The molecule has 2 rings (SSSR count). The highest BCUT2D eigenvalue weighted by Crippen LogP contribution is 2.26. The summed E-state index contributed by atoms with van der Waals surface area (Å²) in [5.41, 5.74) is 2.03. The third kappa shape index (κ3) is 3.11. The molecule has 0 aliphatic carbocycles. The maximum absolute atomic E-state index is 4.65. The molecule has 18 heavy (non-hydrogen) atoms. The van der Waals surface area contributed by atoms with Crippen molar-refractivity contribution in [2.75, 3.05) is 6.54 Å². The zero-order chi connectivity index (χ0) is 12.8. The molecule has 2 aromatic rings. The molecule has 0 bridgehead atoms. The zero-order valence-electron chi connectivity index (χ0n) is 10.8. The van der Waals surface area contributed by atoms with Crippen LogP contribution in [0.15, 0.2) is 18.6 Å². The van der Waals surface area contributed by atoms with Crippen molar-refractivity contribution in [2.24, 2.45) is 0 Å². The number of nitrogens with zero attached hydrogens (tertiary/aromatic N) is 3. The summed E-state index contributed by atoms with van der Waals surface area (Å²) in [5.74, 6) is 0. The van der Waals surface area contributed by atoms with Gasteiger partial charge in [0.15, 0.2) is 0 Å². The van der Waals surface area contributed by atoms with Crippen LogP contribution in [0, 0.1) is 0 Å². The highest BCUT2D eigenvalue weighted by Gasteiger charge is 2.11. The summed E-state index contributed by atoms with van der Waals surface area (Å²) >= 11 is 1.71. The number of rotatable bonds is 6. The van der Waals surface area contributed by atoms with E-state index in [2.05, 4.69) is 34.1 Å². The first-order valence-corrected chi connectivity index (χ1v) is 7.12. The Morgan fingerprint density at radius 3 is 2.83 bits per heavy atom. The molecule has 0 aromatic carbocycles. The highest BCUT2D eigenvalue weighted by atomic mass is 32.1. The molecule has 0 spiro atoms. The molecule has 1 N–H and O–H groups in total. The molecular formula is C13H18N4S. The minimum Gasteiger partial charge on any atom is -0.312 e. The van der Waals surface area contributed by atoms with Crippen LogP contribution in [0.1, 0.15) is 30.8 Å². The second-order valence-corrected chi connectivity index (χ2v) is 5.09. The second-order valence-electron chi connectivity index (χ2n) is 4.01. The van der Waals surface area contributed by atoms with Gasteiger partial charge in [0, 0.05) is 23.8 Å². The van der Waals surface area contributed by atoms with E-state index in [1.54, 1.807) is 29.9 Å². The van der Waals surface area contributed by atoms with Crippen LogP contribution in [0.5, 0.6) is 0 Å². The molecule has 0 aliphatic rings. The van der Waals surface area contributed by atoms with Crippen LogP contribution >= 0.6 is 11.3 Å². The molecule has 0 radical (unpaired) electrons. The van der Waals surface area contributed by atoms with E-state index in [1.165, 1.54) is 10.6 Å². The summed E-state index contributed by atoms with van der Waals surface area (Å²) < 4.78 is 0. The van der Waals surface area contributed by atoms with E-state index in [0.717, 1.165) is 36.6 Å². The van der Waals surface area contributed by atoms with Crippen molar-refractivity contribution in [1.29, 1.82) is 0 Å². The lowest BCUT2D eigenvalue weighted by atomic mass is 10.3. The third-order valence-electron chi connectivity index (χ3n) is 2.61. The van der Waals surface area contributed by atoms with Crippen molar-refractivity contribution >= 4 is 11.3 Å². The smallest absolute Gasteiger partial charge is 0.144 e. The van der Waals surface area contributed by atoms with Crippen LogP contribution in [-0.2, 0) is 13.0 Å². The van der Waals surface area contributed by atoms with Gasteiger partial charge in [0.05, 0.1) is 11.9 Å². The molecule has 0 fully saturated rings. The van der Waals surface area contributed by atoms with Crippen LogP contribution < -0.4 is 5.32 Å². The van der Waals surface area contributed by atoms with E-state index >= 15 is 0 Å². The fourth-order valence-electron chi connectivity index (χ4n) is 1.70. The minimum absolute atomic E-state index is 0.860. The van der Waals surface area contributed by atoms with E-state index in [1.807, 2.05) is 0 Å². The molecular weight excluding hydrogens is 244 g/mol. The number of hydrogen-bond acceptors (Lipinski definition) is 5. The van der Waals surface area contributed by atoms with Crippen LogP contribution in [0.4, 0.5) is 0 Å². The van der Waals surface area contributed by atoms with Gasteiger partial charge in [-0.05, 0) is 19.4 Å². The molecule has 96 valence electrons. The lowest BCUT2D eigenvalue weighted by molar-refractivity contribution is 0.677. The van der Waals surface area contributed by atoms with Crippen LogP contribution in [0.3, 0.4) is 0 Å². The molecule has 0 amide bonds. The van der Waals surface area contributed by atoms with E-state index in [-0.39, 0.29) is 0 Å². The monoisotopic (exact) mass is 262 g/mol. The maximum Gasteiger partial charge on any atom is 0.144 e. The Bertz CT molecular complexity index is 481. The van der Waals surface area contributed by atoms with E-state index in [4.69, 9.17) is 0 Å². The molecule has 5 heteroatoms. The van der Waals surface area contributed by atoms with Gasteiger partial charge in [0.1, 0.15) is 10.7 Å². The molecule has 4 nitrogen and oxygen atoms in total. The number of aromatic nitrogens is 3. The summed E-state index contributed by atoms with van der Waals surface area (Å²) in [7, 11) is 0. The fourth-order valence-corrected chi connectivity index (χ4v) is 2.78. The van der Waals surface area contributed by atoms with Gasteiger partial charge in [0.25, 0.3) is 0 Å². The predicted octanol–water partition coefficient (Wildman–Crippen LogP) is 2.66. The molecule has 0 atom stereocenters. The minimum atomic E-state index is 0.860. The Morgan fingerprint density at radius 1 is 1.28 bits per heavy atom. The van der Waals surface area contributed by atoms with Gasteiger partial charge < -0.3 is 5.32 Å². The van der Waals surface area contributed by atoms with Gasteiger partial charge >= 0.3 is 0 Å². The Balaban J connectivity index is 2.18. The van der Waals surface area contributed by atoms with E-state index < -0.39 is 0 Å². The lowest BCUT2D eigenvalue weighted by Gasteiger charge is -2.01. The number of aryl methyl sites for hydroxylation is 1. The second kappa shape index (κ2) is 6.56. The summed E-state index contributed by atoms with van der Waals surface area (Å²) in [6, 6.07) is 0. The summed E-state index contributed by atoms with van der Waals surface area (Å²) in [6.45, 7) is 6.25. The average molecular weight is 262 g/mol. The van der Waals surface area contributed by atoms with Gasteiger partial charge in [0.2, 0.25) is 0 Å². The summed E-state index contributed by atoms with van der Waals surface area (Å²) in [4.78, 5) is 14.4. The van der Waals surface area contributed by atoms with E-state index in [9.17, 15) is 0 Å². The van der Waals surface area contributed by atoms with Gasteiger partial charge in [-0.2, -0.15) is 0 Å². The Morgan fingerprint density at radius 2 is 2.17 bits per heavy atom. The van der Waals surface area contributed by atoms with Crippen molar-refractivity contribution in [3.8, 4) is 10.7 Å². The predicted molar refractivity (Wildman–Crippen MR) is 74.5 cm³/mol. The Labute approximate surface area is 112 Å². The van der Waals surface area contributed by atoms with Crippen molar-refractivity contribution in [3.05, 3.63) is 29.2 Å². The number of hydrogen-bond donors (Lipinski definition) is 1. The van der Waals surface area contributed by atoms with Crippen LogP contribution in [0.2, 0.25) is 0 Å². The normalized spacial score (nSPS) is 10.8. The fraction of sp³-hybridized carbons (Fsp3) is 0.462. The molecule has 2 aromatic heterocycles. The number of thiazole rings is 1. The van der Waals surface area contributed by atoms with Crippen LogP contribution in [0.25, 0.3) is 10.7 Å². The largest absolute Gasteiger partial charge is 0.312 e. The van der Waals surface area contributed by atoms with Crippen molar-refractivity contribution in [2.45, 2.75) is 33.2 Å². The van der Waals surface area contributed by atoms with Crippen molar-refractivity contribution < 1.29 is 0 Å². The van der Waals surface area contributed by atoms with Gasteiger partial charge in [-0.1, -0.05) is 13.8 Å². The molecule has 2 heterocycles. The molecule has 0 saturated heterocycles. The topological polar surface area (TPSA) is 50.7 Å². The lowest BCUT2D eigenvalue weighted by Crippen LogP contribution is -2.13. The third-order valence-corrected chi connectivity index (χ3v) is 3.73. The SMILES string of the molecule is CCCNCc1sc(-c2cnccn2)nc1CC. The summed E-state index contributed by atoms with van der Waals surface area (Å²) in [6.07, 6.45) is 7.26. The first-order valence-electron chi connectivity index (χ1n) is 6.30. The number of nitrogens with one attached hydrogen (secondary N) is 1. The quantitative estimate of drug-likeness (QED) is 0.813. The maximum atomic E-state index is 4.65. The van der Waals surface area contributed by atoms with Gasteiger partial charge in [-0.15, -0.1) is 11.3 Å². The van der Waals surface area contributed by atoms with E-state index in [0.29, 0.717) is 0 Å². The Kier molecular flexibility index (Phi) is 4.78. The summed E-state index contributed by atoms with van der Waals surface area (Å²) in [5, 5.41) is 4.39. The van der Waals surface area contributed by atoms with Gasteiger partial charge in [-0.25, -0.2) is 4.98 Å². The van der Waals surface area contributed by atoms with Crippen molar-refractivity contribution in [3.63, 3.8) is 0 Å². The van der Waals surface area contributed by atoms with Gasteiger partial charge in [-0.3, -0.25) is 9.97 Å². The zero-order valence-corrected chi connectivity index (χ0v) is 11.6. The average Bonchev–Trinajstić information content (AvgIpc) is 2.83. The highest BCUT2D eigenvalue weighted by molar-refractivity contribution is 7.15. The molecule has 0 aliphatic heterocycles. The first-order chi connectivity index (χ1) is 8.85. The standard InChI is InChI=1S/C13H18N4S/c1-3-5-14-9-12-10(4-2)17-13(18-12)11-8-15-6-7-16-11/h6-8,14H,3-5,9H2,1-2H3. The molecule has 0 saturated carbocycles. The molecule has 0 unspecified atom stereocenters. The first kappa shape index (κ1) is 13.1. The Hall–Kier alpha value is -1.33.